The number of furan rings is 1. The molecule has 2 heterocycles. The minimum Gasteiger partial charge on any atom is -0.463 e. The molecule has 3 amide bonds. The number of nitrogens with one attached hydrogen (secondary N) is 1. The number of rotatable bonds is 4. The minimum absolute atomic E-state index is 0.223. The Hall–Kier alpha value is -3.68. The van der Waals surface area contributed by atoms with E-state index in [0.29, 0.717) is 22.4 Å². The van der Waals surface area contributed by atoms with Gasteiger partial charge in [0.2, 0.25) is 0 Å². The highest BCUT2D eigenvalue weighted by molar-refractivity contribution is 6.05. The van der Waals surface area contributed by atoms with E-state index in [1.807, 2.05) is 5.32 Å². The van der Waals surface area contributed by atoms with Crippen LogP contribution < -0.4 is 11.1 Å². The van der Waals surface area contributed by atoms with Gasteiger partial charge in [-0.1, -0.05) is 18.2 Å². The number of hydrogen-bond acceptors (Lipinski definition) is 6. The van der Waals surface area contributed by atoms with Gasteiger partial charge >= 0.3 is 12.0 Å². The van der Waals surface area contributed by atoms with Crippen molar-refractivity contribution in [1.29, 1.82) is 0 Å². The third-order valence-electron chi connectivity index (χ3n) is 3.61. The van der Waals surface area contributed by atoms with Crippen LogP contribution in [-0.2, 0) is 9.53 Å². The van der Waals surface area contributed by atoms with E-state index >= 15 is 0 Å². The Kier molecular flexibility index (Phi) is 4.66. The van der Waals surface area contributed by atoms with Crippen LogP contribution in [0, 0.1) is 0 Å². The summed E-state index contributed by atoms with van der Waals surface area (Å²) >= 11 is 0. The number of esters is 1. The van der Waals surface area contributed by atoms with Crippen LogP contribution in [0.25, 0.3) is 22.4 Å². The Balaban J connectivity index is 1.96. The summed E-state index contributed by atoms with van der Waals surface area (Å²) < 4.78 is 10.5. The van der Waals surface area contributed by atoms with Crippen molar-refractivity contribution >= 4 is 28.8 Å². The highest BCUT2D eigenvalue weighted by Crippen LogP contribution is 2.26. The Morgan fingerprint density at radius 1 is 1.19 bits per heavy atom. The van der Waals surface area contributed by atoms with Gasteiger partial charge in [0.1, 0.15) is 5.69 Å². The van der Waals surface area contributed by atoms with Crippen molar-refractivity contribution in [3.05, 3.63) is 54.3 Å². The second-order valence-electron chi connectivity index (χ2n) is 5.45. The van der Waals surface area contributed by atoms with Crippen LogP contribution >= 0.6 is 0 Å². The molecular weight excluding hydrogens is 338 g/mol. The van der Waals surface area contributed by atoms with Crippen molar-refractivity contribution in [1.82, 2.24) is 10.3 Å². The first-order valence-corrected chi connectivity index (χ1v) is 7.70. The van der Waals surface area contributed by atoms with Crippen molar-refractivity contribution < 1.29 is 23.5 Å². The molecule has 26 heavy (non-hydrogen) atoms. The van der Waals surface area contributed by atoms with Crippen molar-refractivity contribution in [2.24, 2.45) is 5.73 Å². The fourth-order valence-corrected chi connectivity index (χ4v) is 2.40. The molecule has 2 aromatic heterocycles. The van der Waals surface area contributed by atoms with Crippen LogP contribution in [-0.4, -0.2) is 29.0 Å². The number of carbonyl (C=O) groups is 3. The molecule has 1 aromatic carbocycles. The number of pyridine rings is 1. The second kappa shape index (κ2) is 7.06. The van der Waals surface area contributed by atoms with Gasteiger partial charge in [-0.25, -0.2) is 14.6 Å². The SMILES string of the molecule is C[C@H](OC(=O)c1cc(-c2ccco2)nc2ccccc12)C(=O)NC(N)=O. The monoisotopic (exact) mass is 353 g/mol. The number of nitrogens with two attached hydrogens (primary N) is 1. The normalized spacial score (nSPS) is 11.7. The fourth-order valence-electron chi connectivity index (χ4n) is 2.40. The van der Waals surface area contributed by atoms with Gasteiger partial charge in [-0.3, -0.25) is 10.1 Å². The standard InChI is InChI=1S/C18H15N3O5/c1-10(16(22)21-18(19)24)26-17(23)12-9-14(15-7-4-8-25-15)20-13-6-3-2-5-11(12)13/h2-10H,1H3,(H3,19,21,22,24)/t10-/m0/s1. The molecule has 3 N–H and O–H groups in total. The topological polar surface area (TPSA) is 125 Å². The zero-order valence-electron chi connectivity index (χ0n) is 13.8. The maximum atomic E-state index is 12.6. The van der Waals surface area contributed by atoms with Crippen LogP contribution in [0.2, 0.25) is 0 Å². The zero-order chi connectivity index (χ0) is 18.7. The average molecular weight is 353 g/mol. The highest BCUT2D eigenvalue weighted by Gasteiger charge is 2.22. The Bertz CT molecular complexity index is 982. The number of benzene rings is 1. The molecular formula is C18H15N3O5. The number of carbonyl (C=O) groups excluding carboxylic acids is 3. The van der Waals surface area contributed by atoms with Crippen LogP contribution in [0.5, 0.6) is 0 Å². The number of hydrogen-bond donors (Lipinski definition) is 2. The maximum absolute atomic E-state index is 12.6. The van der Waals surface area contributed by atoms with Crippen LogP contribution in [0.3, 0.4) is 0 Å². The quantitative estimate of drug-likeness (QED) is 0.693. The first-order valence-electron chi connectivity index (χ1n) is 7.70. The first kappa shape index (κ1) is 17.2. The number of imide groups is 1. The molecule has 0 aliphatic heterocycles. The lowest BCUT2D eigenvalue weighted by Gasteiger charge is -2.13. The number of para-hydroxylation sites is 1. The summed E-state index contributed by atoms with van der Waals surface area (Å²) in [5.74, 6) is -1.05. The number of aromatic nitrogens is 1. The average Bonchev–Trinajstić information content (AvgIpc) is 3.14. The number of nitrogens with zero attached hydrogens (tertiary/aromatic N) is 1. The molecule has 3 rings (SSSR count). The molecule has 0 aliphatic rings. The summed E-state index contributed by atoms with van der Waals surface area (Å²) in [4.78, 5) is 39.5. The molecule has 0 saturated heterocycles. The molecule has 0 aliphatic carbocycles. The lowest BCUT2D eigenvalue weighted by atomic mass is 10.1. The summed E-state index contributed by atoms with van der Waals surface area (Å²) in [7, 11) is 0. The molecule has 132 valence electrons. The summed E-state index contributed by atoms with van der Waals surface area (Å²) in [6.45, 7) is 1.34. The van der Waals surface area contributed by atoms with Crippen molar-refractivity contribution in [2.75, 3.05) is 0 Å². The van der Waals surface area contributed by atoms with Crippen molar-refractivity contribution in [2.45, 2.75) is 13.0 Å². The van der Waals surface area contributed by atoms with Gasteiger partial charge in [-0.15, -0.1) is 0 Å². The van der Waals surface area contributed by atoms with Gasteiger partial charge < -0.3 is 14.9 Å². The Labute approximate surface area is 147 Å². The zero-order valence-corrected chi connectivity index (χ0v) is 13.8. The van der Waals surface area contributed by atoms with Crippen molar-refractivity contribution in [3.63, 3.8) is 0 Å². The molecule has 0 unspecified atom stereocenters. The number of ether oxygens (including phenoxy) is 1. The van der Waals surface area contributed by atoms with Crippen LogP contribution in [0.1, 0.15) is 17.3 Å². The molecule has 1 atom stereocenters. The van der Waals surface area contributed by atoms with E-state index in [1.165, 1.54) is 19.3 Å². The largest absolute Gasteiger partial charge is 0.463 e. The summed E-state index contributed by atoms with van der Waals surface area (Å²) in [6.07, 6.45) is 0.300. The van der Waals surface area contributed by atoms with E-state index in [1.54, 1.807) is 36.4 Å². The van der Waals surface area contributed by atoms with Gasteiger partial charge in [0.25, 0.3) is 5.91 Å². The number of urea groups is 1. The lowest BCUT2D eigenvalue weighted by Crippen LogP contribution is -2.42. The van der Waals surface area contributed by atoms with Gasteiger partial charge in [-0.2, -0.15) is 0 Å². The van der Waals surface area contributed by atoms with E-state index in [9.17, 15) is 14.4 Å². The van der Waals surface area contributed by atoms with E-state index in [0.717, 1.165) is 0 Å². The third kappa shape index (κ3) is 3.54. The first-order chi connectivity index (χ1) is 12.5. The number of primary amides is 1. The highest BCUT2D eigenvalue weighted by atomic mass is 16.5. The lowest BCUT2D eigenvalue weighted by molar-refractivity contribution is -0.127. The molecule has 0 spiro atoms. The fraction of sp³-hybridized carbons (Fsp3) is 0.111. The maximum Gasteiger partial charge on any atom is 0.339 e. The second-order valence-corrected chi connectivity index (χ2v) is 5.45. The molecule has 8 nitrogen and oxygen atoms in total. The predicted molar refractivity (Wildman–Crippen MR) is 92.0 cm³/mol. The smallest absolute Gasteiger partial charge is 0.339 e. The summed E-state index contributed by atoms with van der Waals surface area (Å²) in [6, 6.07) is 11.0. The van der Waals surface area contributed by atoms with E-state index in [4.69, 9.17) is 14.9 Å². The third-order valence-corrected chi connectivity index (χ3v) is 3.61. The van der Waals surface area contributed by atoms with Gasteiger partial charge in [0.15, 0.2) is 11.9 Å². The van der Waals surface area contributed by atoms with Gasteiger partial charge in [0, 0.05) is 5.39 Å². The molecule has 0 saturated carbocycles. The van der Waals surface area contributed by atoms with E-state index in [2.05, 4.69) is 4.98 Å². The summed E-state index contributed by atoms with van der Waals surface area (Å²) in [5, 5.41) is 2.43. The minimum atomic E-state index is -1.20. The predicted octanol–water partition coefficient (Wildman–Crippen LogP) is 2.23. The van der Waals surface area contributed by atoms with Crippen molar-refractivity contribution in [3.8, 4) is 11.5 Å². The summed E-state index contributed by atoms with van der Waals surface area (Å²) in [5.41, 5.74) is 6.14. The number of fused-ring (bicyclic) bond motifs is 1. The molecule has 0 radical (unpaired) electrons. The Morgan fingerprint density at radius 2 is 1.96 bits per heavy atom. The van der Waals surface area contributed by atoms with Crippen LogP contribution in [0.4, 0.5) is 4.79 Å². The molecule has 8 heteroatoms. The Morgan fingerprint density at radius 3 is 2.65 bits per heavy atom. The molecule has 0 bridgehead atoms. The molecule has 3 aromatic rings. The van der Waals surface area contributed by atoms with Gasteiger partial charge in [0.05, 0.1) is 17.3 Å². The van der Waals surface area contributed by atoms with E-state index < -0.39 is 24.0 Å². The van der Waals surface area contributed by atoms with Gasteiger partial charge in [-0.05, 0) is 31.2 Å². The van der Waals surface area contributed by atoms with E-state index in [-0.39, 0.29) is 5.56 Å². The van der Waals surface area contributed by atoms with Crippen LogP contribution in [0.15, 0.2) is 53.1 Å². The molecule has 0 fully saturated rings. The number of amides is 3.